The summed E-state index contributed by atoms with van der Waals surface area (Å²) < 4.78 is 5.54. The molecular formula is C25H34N4O2. The Morgan fingerprint density at radius 2 is 1.77 bits per heavy atom. The van der Waals surface area contributed by atoms with E-state index >= 15 is 0 Å². The summed E-state index contributed by atoms with van der Waals surface area (Å²) in [4.78, 5) is 23.9. The second-order valence-corrected chi connectivity index (χ2v) is 9.48. The molecule has 2 aliphatic rings. The maximum atomic E-state index is 12.4. The van der Waals surface area contributed by atoms with Gasteiger partial charge in [-0.15, -0.1) is 0 Å². The molecule has 0 bridgehead atoms. The molecule has 1 aromatic heterocycles. The third-order valence-corrected chi connectivity index (χ3v) is 6.00. The molecule has 1 aromatic carbocycles. The summed E-state index contributed by atoms with van der Waals surface area (Å²) in [6, 6.07) is 15.4. The normalized spacial score (nSPS) is 20.2. The minimum Gasteiger partial charge on any atom is -0.444 e. The number of rotatable bonds is 4. The van der Waals surface area contributed by atoms with Gasteiger partial charge in [-0.25, -0.2) is 9.78 Å². The molecule has 1 amide bonds. The zero-order chi connectivity index (χ0) is 21.8. The molecule has 1 atom stereocenters. The van der Waals surface area contributed by atoms with Gasteiger partial charge in [0.05, 0.1) is 0 Å². The van der Waals surface area contributed by atoms with Crippen molar-refractivity contribution in [3.05, 3.63) is 59.8 Å². The molecule has 2 fully saturated rings. The van der Waals surface area contributed by atoms with E-state index in [9.17, 15) is 4.79 Å². The molecule has 2 aromatic rings. The van der Waals surface area contributed by atoms with Crippen LogP contribution in [0.15, 0.2) is 48.7 Å². The van der Waals surface area contributed by atoms with Crippen LogP contribution in [0.2, 0.25) is 0 Å². The van der Waals surface area contributed by atoms with E-state index in [4.69, 9.17) is 9.72 Å². The number of hydrogen-bond acceptors (Lipinski definition) is 5. The fraction of sp³-hybridized carbons (Fsp3) is 0.520. The molecule has 0 spiro atoms. The lowest BCUT2D eigenvalue weighted by Crippen LogP contribution is -2.50. The molecule has 31 heavy (non-hydrogen) atoms. The van der Waals surface area contributed by atoms with Crippen LogP contribution in [-0.4, -0.2) is 59.2 Å². The van der Waals surface area contributed by atoms with Crippen molar-refractivity contribution in [2.24, 2.45) is 0 Å². The Bertz CT molecular complexity index is 873. The van der Waals surface area contributed by atoms with Gasteiger partial charge in [0.2, 0.25) is 0 Å². The Hall–Kier alpha value is -2.60. The van der Waals surface area contributed by atoms with Gasteiger partial charge in [-0.1, -0.05) is 36.4 Å². The smallest absolute Gasteiger partial charge is 0.410 e. The van der Waals surface area contributed by atoms with Crippen LogP contribution in [0.1, 0.15) is 50.8 Å². The molecule has 0 unspecified atom stereocenters. The van der Waals surface area contributed by atoms with Crippen molar-refractivity contribution in [2.45, 2.75) is 51.8 Å². The van der Waals surface area contributed by atoms with Crippen molar-refractivity contribution in [3.63, 3.8) is 0 Å². The van der Waals surface area contributed by atoms with Crippen molar-refractivity contribution in [2.75, 3.05) is 37.6 Å². The Balaban J connectivity index is 1.45. The highest BCUT2D eigenvalue weighted by Crippen LogP contribution is 2.37. The molecule has 0 radical (unpaired) electrons. The average molecular weight is 423 g/mol. The van der Waals surface area contributed by atoms with E-state index in [0.29, 0.717) is 19.1 Å². The zero-order valence-electron chi connectivity index (χ0n) is 19.0. The molecule has 2 aliphatic heterocycles. The van der Waals surface area contributed by atoms with Crippen molar-refractivity contribution < 1.29 is 9.53 Å². The summed E-state index contributed by atoms with van der Waals surface area (Å²) in [5.41, 5.74) is 2.19. The van der Waals surface area contributed by atoms with Crippen LogP contribution in [0.4, 0.5) is 10.6 Å². The van der Waals surface area contributed by atoms with Crippen LogP contribution in [0.25, 0.3) is 0 Å². The number of anilines is 1. The second-order valence-electron chi connectivity index (χ2n) is 9.48. The van der Waals surface area contributed by atoms with E-state index in [1.54, 1.807) is 0 Å². The number of amides is 1. The summed E-state index contributed by atoms with van der Waals surface area (Å²) in [5, 5.41) is 0. The number of ether oxygens (including phenoxy) is 1. The number of benzene rings is 1. The molecule has 3 heterocycles. The van der Waals surface area contributed by atoms with Gasteiger partial charge >= 0.3 is 6.09 Å². The summed E-state index contributed by atoms with van der Waals surface area (Å²) >= 11 is 0. The van der Waals surface area contributed by atoms with Gasteiger partial charge in [0.15, 0.2) is 0 Å². The predicted octanol–water partition coefficient (Wildman–Crippen LogP) is 4.48. The quantitative estimate of drug-likeness (QED) is 0.727. The van der Waals surface area contributed by atoms with E-state index in [1.807, 2.05) is 31.9 Å². The van der Waals surface area contributed by atoms with Crippen LogP contribution in [-0.2, 0) is 11.3 Å². The first-order valence-corrected chi connectivity index (χ1v) is 11.4. The molecule has 0 N–H and O–H groups in total. The molecule has 2 saturated heterocycles. The number of likely N-dealkylation sites (tertiary alicyclic amines) is 1. The van der Waals surface area contributed by atoms with Gasteiger partial charge < -0.3 is 14.5 Å². The Morgan fingerprint density at radius 1 is 1.03 bits per heavy atom. The third-order valence-electron chi connectivity index (χ3n) is 6.00. The summed E-state index contributed by atoms with van der Waals surface area (Å²) in [7, 11) is 0. The standard InChI is InChI=1S/C25H34N4O2/c1-25(2,3)31-24(30)28-17-15-27(16-18-28)23-21(11-7-13-26-23)22-12-8-14-29(22)19-20-9-5-4-6-10-20/h4-7,9-11,13,22H,8,12,14-19H2,1-3H3/t22-/m0/s1. The van der Waals surface area contributed by atoms with Gasteiger partial charge in [0.25, 0.3) is 0 Å². The number of hydrogen-bond donors (Lipinski definition) is 0. The second kappa shape index (κ2) is 9.27. The number of carbonyl (C=O) groups is 1. The first-order valence-electron chi connectivity index (χ1n) is 11.4. The minimum atomic E-state index is -0.465. The fourth-order valence-corrected chi connectivity index (χ4v) is 4.55. The van der Waals surface area contributed by atoms with E-state index < -0.39 is 5.60 Å². The molecule has 0 saturated carbocycles. The maximum absolute atomic E-state index is 12.4. The van der Waals surface area contributed by atoms with E-state index in [-0.39, 0.29) is 6.09 Å². The van der Waals surface area contributed by atoms with Crippen LogP contribution in [0, 0.1) is 0 Å². The predicted molar refractivity (Wildman–Crippen MR) is 123 cm³/mol. The summed E-state index contributed by atoms with van der Waals surface area (Å²) in [5.74, 6) is 1.07. The Morgan fingerprint density at radius 3 is 2.48 bits per heavy atom. The van der Waals surface area contributed by atoms with E-state index in [1.165, 1.54) is 17.5 Å². The minimum absolute atomic E-state index is 0.224. The van der Waals surface area contributed by atoms with Gasteiger partial charge in [-0.2, -0.15) is 0 Å². The third kappa shape index (κ3) is 5.37. The van der Waals surface area contributed by atoms with Crippen LogP contribution in [0.5, 0.6) is 0 Å². The zero-order valence-corrected chi connectivity index (χ0v) is 19.0. The summed E-state index contributed by atoms with van der Waals surface area (Å²) in [6.07, 6.45) is 4.02. The monoisotopic (exact) mass is 422 g/mol. The highest BCUT2D eigenvalue weighted by atomic mass is 16.6. The largest absolute Gasteiger partial charge is 0.444 e. The van der Waals surface area contributed by atoms with Crippen LogP contribution >= 0.6 is 0 Å². The molecule has 166 valence electrons. The van der Waals surface area contributed by atoms with Gasteiger partial charge in [-0.05, 0) is 51.8 Å². The molecule has 6 nitrogen and oxygen atoms in total. The van der Waals surface area contributed by atoms with E-state index in [2.05, 4.69) is 52.3 Å². The first kappa shape index (κ1) is 21.6. The van der Waals surface area contributed by atoms with Crippen molar-refractivity contribution in [3.8, 4) is 0 Å². The molecule has 0 aliphatic carbocycles. The fourth-order valence-electron chi connectivity index (χ4n) is 4.55. The number of carbonyl (C=O) groups excluding carboxylic acids is 1. The number of nitrogens with zero attached hydrogens (tertiary/aromatic N) is 4. The lowest BCUT2D eigenvalue weighted by molar-refractivity contribution is 0.0240. The Labute approximate surface area is 185 Å². The van der Waals surface area contributed by atoms with Crippen LogP contribution in [0.3, 0.4) is 0 Å². The van der Waals surface area contributed by atoms with E-state index in [0.717, 1.165) is 38.4 Å². The van der Waals surface area contributed by atoms with Crippen molar-refractivity contribution in [1.82, 2.24) is 14.8 Å². The lowest BCUT2D eigenvalue weighted by atomic mass is 10.0. The number of aromatic nitrogens is 1. The van der Waals surface area contributed by atoms with Gasteiger partial charge in [0, 0.05) is 50.5 Å². The summed E-state index contributed by atoms with van der Waals surface area (Å²) in [6.45, 7) is 10.7. The van der Waals surface area contributed by atoms with Crippen LogP contribution < -0.4 is 4.90 Å². The number of pyridine rings is 1. The molecule has 6 heteroatoms. The molecular weight excluding hydrogens is 388 g/mol. The average Bonchev–Trinajstić information content (AvgIpc) is 3.21. The van der Waals surface area contributed by atoms with Crippen molar-refractivity contribution >= 4 is 11.9 Å². The molecule has 4 rings (SSSR count). The van der Waals surface area contributed by atoms with Crippen molar-refractivity contribution in [1.29, 1.82) is 0 Å². The first-order chi connectivity index (χ1) is 14.9. The number of piperazine rings is 1. The van der Waals surface area contributed by atoms with Gasteiger partial charge in [-0.3, -0.25) is 4.90 Å². The Kier molecular flexibility index (Phi) is 6.46. The highest BCUT2D eigenvalue weighted by Gasteiger charge is 2.31. The lowest BCUT2D eigenvalue weighted by Gasteiger charge is -2.37. The van der Waals surface area contributed by atoms with Gasteiger partial charge in [0.1, 0.15) is 11.4 Å². The maximum Gasteiger partial charge on any atom is 0.410 e. The SMILES string of the molecule is CC(C)(C)OC(=O)N1CCN(c2ncccc2[C@@H]2CCCN2Cc2ccccc2)CC1. The topological polar surface area (TPSA) is 48.9 Å². The highest BCUT2D eigenvalue weighted by molar-refractivity contribution is 5.68.